The summed E-state index contributed by atoms with van der Waals surface area (Å²) >= 11 is 11.9. The number of ether oxygens (including phenoxy) is 1. The maximum atomic E-state index is 11.5. The lowest BCUT2D eigenvalue weighted by atomic mass is 10.3. The minimum absolute atomic E-state index is 0.0494. The summed E-state index contributed by atoms with van der Waals surface area (Å²) in [7, 11) is 1.54. The van der Waals surface area contributed by atoms with Crippen LogP contribution in [0.1, 0.15) is 5.69 Å². The highest BCUT2D eigenvalue weighted by Crippen LogP contribution is 2.32. The number of benzene rings is 2. The first-order valence-electron chi connectivity index (χ1n) is 8.03. The van der Waals surface area contributed by atoms with Crippen LogP contribution in [0, 0.1) is 17.0 Å². The van der Waals surface area contributed by atoms with Crippen molar-refractivity contribution in [2.24, 2.45) is 0 Å². The van der Waals surface area contributed by atoms with Gasteiger partial charge in [0.15, 0.2) is 0 Å². The zero-order valence-corrected chi connectivity index (χ0v) is 16.4. The molecular weight excluding hydrogens is 405 g/mol. The zero-order chi connectivity index (χ0) is 20.3. The molecule has 0 spiro atoms. The van der Waals surface area contributed by atoms with Crippen LogP contribution in [-0.4, -0.2) is 22.0 Å². The van der Waals surface area contributed by atoms with Crippen molar-refractivity contribution in [2.45, 2.75) is 6.92 Å². The Hall–Kier alpha value is -3.10. The first-order valence-corrected chi connectivity index (χ1v) is 8.79. The molecule has 1 aromatic heterocycles. The van der Waals surface area contributed by atoms with E-state index in [1.165, 1.54) is 14.0 Å². The first kappa shape index (κ1) is 19.7. The SMILES string of the molecule is COc1cccc(Nc2nc(Nc3ccc(Cl)c(Cl)c3)nc(C)c2[N+](=O)[O-])c1. The van der Waals surface area contributed by atoms with Crippen molar-refractivity contribution in [1.82, 2.24) is 9.97 Å². The molecular formula is C18H15Cl2N5O3. The van der Waals surface area contributed by atoms with E-state index in [0.717, 1.165) is 0 Å². The second-order valence-corrected chi connectivity index (χ2v) is 6.51. The van der Waals surface area contributed by atoms with E-state index in [1.807, 2.05) is 0 Å². The van der Waals surface area contributed by atoms with Gasteiger partial charge in [-0.05, 0) is 37.3 Å². The average Bonchev–Trinajstić information content (AvgIpc) is 2.64. The Morgan fingerprint density at radius 2 is 1.79 bits per heavy atom. The summed E-state index contributed by atoms with van der Waals surface area (Å²) in [6, 6.07) is 11.9. The van der Waals surface area contributed by atoms with Crippen LogP contribution in [0.25, 0.3) is 0 Å². The van der Waals surface area contributed by atoms with Crippen molar-refractivity contribution in [1.29, 1.82) is 0 Å². The largest absolute Gasteiger partial charge is 0.497 e. The molecule has 144 valence electrons. The number of aryl methyl sites for hydroxylation is 1. The highest BCUT2D eigenvalue weighted by Gasteiger charge is 2.22. The van der Waals surface area contributed by atoms with Gasteiger partial charge in [0.25, 0.3) is 0 Å². The normalized spacial score (nSPS) is 10.4. The second-order valence-electron chi connectivity index (χ2n) is 5.70. The third-order valence-corrected chi connectivity index (χ3v) is 4.49. The number of hydrogen-bond donors (Lipinski definition) is 2. The number of halogens is 2. The van der Waals surface area contributed by atoms with Gasteiger partial charge >= 0.3 is 5.69 Å². The molecule has 0 aliphatic rings. The van der Waals surface area contributed by atoms with E-state index in [2.05, 4.69) is 20.6 Å². The molecule has 0 amide bonds. The number of aromatic nitrogens is 2. The predicted molar refractivity (Wildman–Crippen MR) is 109 cm³/mol. The van der Waals surface area contributed by atoms with E-state index in [9.17, 15) is 10.1 Å². The van der Waals surface area contributed by atoms with Gasteiger partial charge in [-0.2, -0.15) is 4.98 Å². The highest BCUT2D eigenvalue weighted by atomic mass is 35.5. The minimum atomic E-state index is -0.527. The van der Waals surface area contributed by atoms with Gasteiger partial charge < -0.3 is 15.4 Å². The highest BCUT2D eigenvalue weighted by molar-refractivity contribution is 6.42. The monoisotopic (exact) mass is 419 g/mol. The van der Waals surface area contributed by atoms with Crippen LogP contribution >= 0.6 is 23.2 Å². The fourth-order valence-electron chi connectivity index (χ4n) is 2.47. The van der Waals surface area contributed by atoms with Gasteiger partial charge in [-0.15, -0.1) is 0 Å². The lowest BCUT2D eigenvalue weighted by molar-refractivity contribution is -0.385. The standard InChI is InChI=1S/C18H15Cl2N5O3/c1-10-16(25(26)27)17(22-11-4-3-5-13(8-11)28-2)24-18(21-10)23-12-6-7-14(19)15(20)9-12/h3-9H,1-2H3,(H2,21,22,23,24). The van der Waals surface area contributed by atoms with Gasteiger partial charge in [0.05, 0.1) is 22.1 Å². The van der Waals surface area contributed by atoms with Gasteiger partial charge in [-0.25, -0.2) is 4.98 Å². The summed E-state index contributed by atoms with van der Waals surface area (Å²) < 4.78 is 5.18. The fourth-order valence-corrected chi connectivity index (χ4v) is 2.77. The zero-order valence-electron chi connectivity index (χ0n) is 14.9. The number of hydrogen-bond acceptors (Lipinski definition) is 7. The Morgan fingerprint density at radius 1 is 1.04 bits per heavy atom. The lowest BCUT2D eigenvalue weighted by Crippen LogP contribution is -2.07. The molecule has 10 heteroatoms. The van der Waals surface area contributed by atoms with E-state index in [1.54, 1.807) is 42.5 Å². The molecule has 0 aliphatic carbocycles. The molecule has 0 unspecified atom stereocenters. The molecule has 0 aliphatic heterocycles. The molecule has 0 fully saturated rings. The number of nitro groups is 1. The van der Waals surface area contributed by atoms with Gasteiger partial charge in [-0.3, -0.25) is 10.1 Å². The smallest absolute Gasteiger partial charge is 0.332 e. The molecule has 8 nitrogen and oxygen atoms in total. The van der Waals surface area contributed by atoms with Crippen molar-refractivity contribution in [3.05, 3.63) is 68.3 Å². The lowest BCUT2D eigenvalue weighted by Gasteiger charge is -2.12. The van der Waals surface area contributed by atoms with Crippen LogP contribution < -0.4 is 15.4 Å². The quantitative estimate of drug-likeness (QED) is 0.401. The van der Waals surface area contributed by atoms with Crippen LogP contribution in [-0.2, 0) is 0 Å². The molecule has 0 atom stereocenters. The van der Waals surface area contributed by atoms with E-state index in [4.69, 9.17) is 27.9 Å². The van der Waals surface area contributed by atoms with Crippen LogP contribution in [0.2, 0.25) is 10.0 Å². The van der Waals surface area contributed by atoms with Crippen molar-refractivity contribution >= 4 is 52.0 Å². The predicted octanol–water partition coefficient (Wildman–Crippen LogP) is 5.50. The van der Waals surface area contributed by atoms with E-state index in [-0.39, 0.29) is 23.1 Å². The number of anilines is 4. The third kappa shape index (κ3) is 4.41. The number of methoxy groups -OCH3 is 1. The van der Waals surface area contributed by atoms with E-state index >= 15 is 0 Å². The van der Waals surface area contributed by atoms with Gasteiger partial charge in [0.2, 0.25) is 11.8 Å². The van der Waals surface area contributed by atoms with E-state index in [0.29, 0.717) is 27.2 Å². The van der Waals surface area contributed by atoms with Crippen molar-refractivity contribution in [3.63, 3.8) is 0 Å². The summed E-state index contributed by atoms with van der Waals surface area (Å²) in [6.45, 7) is 1.54. The molecule has 0 radical (unpaired) electrons. The van der Waals surface area contributed by atoms with Crippen LogP contribution in [0.5, 0.6) is 5.75 Å². The first-order chi connectivity index (χ1) is 13.4. The fraction of sp³-hybridized carbons (Fsp3) is 0.111. The molecule has 1 heterocycles. The number of rotatable bonds is 6. The van der Waals surface area contributed by atoms with Crippen molar-refractivity contribution in [3.8, 4) is 5.75 Å². The Labute approximate surface area is 170 Å². The van der Waals surface area contributed by atoms with Crippen molar-refractivity contribution < 1.29 is 9.66 Å². The molecule has 3 aromatic rings. The molecule has 0 saturated heterocycles. The molecule has 28 heavy (non-hydrogen) atoms. The summed E-state index contributed by atoms with van der Waals surface area (Å²) in [5, 5.41) is 18.2. The second kappa shape index (κ2) is 8.28. The van der Waals surface area contributed by atoms with Crippen LogP contribution in [0.4, 0.5) is 28.8 Å². The van der Waals surface area contributed by atoms with Crippen LogP contribution in [0.15, 0.2) is 42.5 Å². The number of nitrogens with zero attached hydrogens (tertiary/aromatic N) is 3. The third-order valence-electron chi connectivity index (χ3n) is 3.75. The summed E-state index contributed by atoms with van der Waals surface area (Å²) in [4.78, 5) is 19.4. The Kier molecular flexibility index (Phi) is 5.81. The molecule has 2 aromatic carbocycles. The topological polar surface area (TPSA) is 102 Å². The van der Waals surface area contributed by atoms with Crippen LogP contribution in [0.3, 0.4) is 0 Å². The molecule has 2 N–H and O–H groups in total. The summed E-state index contributed by atoms with van der Waals surface area (Å²) in [5.74, 6) is 0.827. The maximum absolute atomic E-state index is 11.5. The molecule has 3 rings (SSSR count). The van der Waals surface area contributed by atoms with Gasteiger partial charge in [0.1, 0.15) is 11.4 Å². The maximum Gasteiger partial charge on any atom is 0.332 e. The Bertz CT molecular complexity index is 1050. The Morgan fingerprint density at radius 3 is 2.46 bits per heavy atom. The Balaban J connectivity index is 1.99. The van der Waals surface area contributed by atoms with Crippen molar-refractivity contribution in [2.75, 3.05) is 17.7 Å². The average molecular weight is 420 g/mol. The summed E-state index contributed by atoms with van der Waals surface area (Å²) in [6.07, 6.45) is 0. The van der Waals surface area contributed by atoms with Gasteiger partial charge in [-0.1, -0.05) is 29.3 Å². The number of nitrogens with one attached hydrogen (secondary N) is 2. The molecule has 0 bridgehead atoms. The minimum Gasteiger partial charge on any atom is -0.497 e. The van der Waals surface area contributed by atoms with E-state index < -0.39 is 4.92 Å². The molecule has 0 saturated carbocycles. The van der Waals surface area contributed by atoms with Gasteiger partial charge in [0, 0.05) is 17.4 Å². The summed E-state index contributed by atoms with van der Waals surface area (Å²) in [5.41, 5.74) is 1.16.